The summed E-state index contributed by atoms with van der Waals surface area (Å²) in [5.74, 6) is -1.96. The molecule has 1 saturated carbocycles. The Morgan fingerprint density at radius 2 is 1.86 bits per heavy atom. The lowest BCUT2D eigenvalue weighted by Crippen LogP contribution is -2.59. The Bertz CT molecular complexity index is 457. The average molecular weight is 295 g/mol. The average Bonchev–Trinajstić information content (AvgIpc) is 2.90. The van der Waals surface area contributed by atoms with Gasteiger partial charge in [0.05, 0.1) is 0 Å². The molecule has 0 aromatic rings. The lowest BCUT2D eigenvalue weighted by molar-refractivity contribution is -0.145. The molecule has 0 radical (unpaired) electrons. The summed E-state index contributed by atoms with van der Waals surface area (Å²) in [5, 5.41) is 2.27. The van der Waals surface area contributed by atoms with E-state index in [-0.39, 0.29) is 18.9 Å². The SMILES string of the molecule is NC(=O)CCCCN1C(=O)NC(=O)C(C2CCCC2)C1=O. The van der Waals surface area contributed by atoms with E-state index in [9.17, 15) is 19.2 Å². The van der Waals surface area contributed by atoms with Gasteiger partial charge in [0, 0.05) is 13.0 Å². The fourth-order valence-corrected chi connectivity index (χ4v) is 3.12. The van der Waals surface area contributed by atoms with Crippen LogP contribution in [0.2, 0.25) is 0 Å². The van der Waals surface area contributed by atoms with Gasteiger partial charge >= 0.3 is 6.03 Å². The summed E-state index contributed by atoms with van der Waals surface area (Å²) in [7, 11) is 0. The van der Waals surface area contributed by atoms with Crippen LogP contribution in [0.4, 0.5) is 4.79 Å². The zero-order valence-corrected chi connectivity index (χ0v) is 12.0. The monoisotopic (exact) mass is 295 g/mol. The predicted molar refractivity (Wildman–Crippen MR) is 73.7 cm³/mol. The number of carbonyl (C=O) groups excluding carboxylic acids is 4. The number of urea groups is 1. The Kier molecular flexibility index (Phi) is 4.93. The number of amides is 5. The van der Waals surface area contributed by atoms with Crippen molar-refractivity contribution >= 4 is 23.8 Å². The summed E-state index contributed by atoms with van der Waals surface area (Å²) >= 11 is 0. The summed E-state index contributed by atoms with van der Waals surface area (Å²) in [6, 6.07) is -0.654. The third kappa shape index (κ3) is 3.59. The molecule has 1 unspecified atom stereocenters. The van der Waals surface area contributed by atoms with Gasteiger partial charge in [-0.2, -0.15) is 0 Å². The van der Waals surface area contributed by atoms with Crippen molar-refractivity contribution in [2.45, 2.75) is 44.9 Å². The van der Waals surface area contributed by atoms with Gasteiger partial charge in [0.2, 0.25) is 17.7 Å². The van der Waals surface area contributed by atoms with Crippen LogP contribution in [-0.2, 0) is 14.4 Å². The minimum absolute atomic E-state index is 0.0405. The summed E-state index contributed by atoms with van der Waals surface area (Å²) in [5.41, 5.74) is 5.05. The molecule has 0 aromatic heterocycles. The first-order chi connectivity index (χ1) is 10.0. The summed E-state index contributed by atoms with van der Waals surface area (Å²) < 4.78 is 0. The first kappa shape index (κ1) is 15.5. The maximum atomic E-state index is 12.4. The van der Waals surface area contributed by atoms with Crippen LogP contribution in [0.25, 0.3) is 0 Å². The molecule has 2 fully saturated rings. The Balaban J connectivity index is 1.96. The quantitative estimate of drug-likeness (QED) is 0.550. The molecular weight excluding hydrogens is 274 g/mol. The molecule has 116 valence electrons. The third-order valence-electron chi connectivity index (χ3n) is 4.22. The van der Waals surface area contributed by atoms with Crippen LogP contribution in [0.3, 0.4) is 0 Å². The Hall–Kier alpha value is -1.92. The number of primary amides is 1. The van der Waals surface area contributed by atoms with Gasteiger partial charge in [0.15, 0.2) is 0 Å². The van der Waals surface area contributed by atoms with E-state index >= 15 is 0 Å². The van der Waals surface area contributed by atoms with Crippen LogP contribution in [0, 0.1) is 11.8 Å². The molecule has 5 amide bonds. The van der Waals surface area contributed by atoms with Gasteiger partial charge in [-0.15, -0.1) is 0 Å². The smallest absolute Gasteiger partial charge is 0.330 e. The van der Waals surface area contributed by atoms with Crippen molar-refractivity contribution in [3.05, 3.63) is 0 Å². The fraction of sp³-hybridized carbons (Fsp3) is 0.714. The van der Waals surface area contributed by atoms with Crippen molar-refractivity contribution in [1.29, 1.82) is 0 Å². The second-order valence-electron chi connectivity index (χ2n) is 5.73. The van der Waals surface area contributed by atoms with E-state index in [0.29, 0.717) is 12.8 Å². The molecule has 0 spiro atoms. The van der Waals surface area contributed by atoms with Gasteiger partial charge in [0.1, 0.15) is 5.92 Å². The number of imide groups is 2. The van der Waals surface area contributed by atoms with Gasteiger partial charge < -0.3 is 5.73 Å². The molecule has 1 aliphatic carbocycles. The van der Waals surface area contributed by atoms with Crippen LogP contribution < -0.4 is 11.1 Å². The number of nitrogens with two attached hydrogens (primary N) is 1. The summed E-state index contributed by atoms with van der Waals surface area (Å²) in [4.78, 5) is 47.9. The van der Waals surface area contributed by atoms with E-state index in [4.69, 9.17) is 5.73 Å². The minimum Gasteiger partial charge on any atom is -0.370 e. The van der Waals surface area contributed by atoms with Gasteiger partial charge in [-0.1, -0.05) is 12.8 Å². The highest BCUT2D eigenvalue weighted by molar-refractivity contribution is 6.16. The van der Waals surface area contributed by atoms with Crippen molar-refractivity contribution in [3.63, 3.8) is 0 Å². The number of carbonyl (C=O) groups is 4. The molecule has 21 heavy (non-hydrogen) atoms. The first-order valence-electron chi connectivity index (χ1n) is 7.45. The molecule has 2 aliphatic rings. The molecule has 3 N–H and O–H groups in total. The van der Waals surface area contributed by atoms with Crippen molar-refractivity contribution in [2.75, 3.05) is 6.54 Å². The third-order valence-corrected chi connectivity index (χ3v) is 4.22. The topological polar surface area (TPSA) is 110 Å². The van der Waals surface area contributed by atoms with Crippen LogP contribution >= 0.6 is 0 Å². The standard InChI is InChI=1S/C14H21N3O4/c15-10(18)7-3-4-8-17-13(20)11(9-5-1-2-6-9)12(19)16-14(17)21/h9,11H,1-8H2,(H2,15,18)(H,16,19,21). The van der Waals surface area contributed by atoms with Crippen molar-refractivity contribution in [3.8, 4) is 0 Å². The van der Waals surface area contributed by atoms with E-state index in [0.717, 1.165) is 30.6 Å². The highest BCUT2D eigenvalue weighted by atomic mass is 16.2. The predicted octanol–water partition coefficient (Wildman–Crippen LogP) is 0.527. The zero-order valence-electron chi connectivity index (χ0n) is 12.0. The van der Waals surface area contributed by atoms with Crippen LogP contribution in [0.5, 0.6) is 0 Å². The maximum Gasteiger partial charge on any atom is 0.330 e. The lowest BCUT2D eigenvalue weighted by Gasteiger charge is -2.32. The molecule has 7 nitrogen and oxygen atoms in total. The number of barbiturate groups is 1. The maximum absolute atomic E-state index is 12.4. The number of hydrogen-bond acceptors (Lipinski definition) is 4. The molecule has 7 heteroatoms. The molecule has 1 atom stereocenters. The minimum atomic E-state index is -0.735. The van der Waals surface area contributed by atoms with Crippen molar-refractivity contribution in [2.24, 2.45) is 17.6 Å². The fourth-order valence-electron chi connectivity index (χ4n) is 3.12. The largest absolute Gasteiger partial charge is 0.370 e. The number of unbranched alkanes of at least 4 members (excludes halogenated alkanes) is 1. The molecule has 1 aliphatic heterocycles. The van der Waals surface area contributed by atoms with E-state index in [2.05, 4.69) is 5.32 Å². The zero-order chi connectivity index (χ0) is 15.4. The molecular formula is C14H21N3O4. The molecule has 1 heterocycles. The van der Waals surface area contributed by atoms with E-state index in [1.165, 1.54) is 0 Å². The number of nitrogens with one attached hydrogen (secondary N) is 1. The highest BCUT2D eigenvalue weighted by Crippen LogP contribution is 2.33. The number of rotatable bonds is 6. The number of nitrogens with zero attached hydrogens (tertiary/aromatic N) is 1. The van der Waals surface area contributed by atoms with Gasteiger partial charge in [0.25, 0.3) is 0 Å². The second kappa shape index (κ2) is 6.69. The van der Waals surface area contributed by atoms with Crippen LogP contribution in [-0.4, -0.2) is 35.2 Å². The molecule has 1 saturated heterocycles. The molecule has 0 aromatic carbocycles. The van der Waals surface area contributed by atoms with Gasteiger partial charge in [-0.05, 0) is 31.6 Å². The highest BCUT2D eigenvalue weighted by Gasteiger charge is 2.44. The Labute approximate surface area is 123 Å². The normalized spacial score (nSPS) is 23.5. The van der Waals surface area contributed by atoms with Crippen molar-refractivity contribution < 1.29 is 19.2 Å². The first-order valence-corrected chi connectivity index (χ1v) is 7.45. The van der Waals surface area contributed by atoms with Crippen LogP contribution in [0.1, 0.15) is 44.9 Å². The van der Waals surface area contributed by atoms with Crippen molar-refractivity contribution in [1.82, 2.24) is 10.2 Å². The van der Waals surface area contributed by atoms with E-state index in [1.807, 2.05) is 0 Å². The van der Waals surface area contributed by atoms with E-state index < -0.39 is 29.7 Å². The summed E-state index contributed by atoms with van der Waals surface area (Å²) in [6.07, 6.45) is 5.01. The van der Waals surface area contributed by atoms with Crippen LogP contribution in [0.15, 0.2) is 0 Å². The molecule has 0 bridgehead atoms. The van der Waals surface area contributed by atoms with Gasteiger partial charge in [-0.25, -0.2) is 4.79 Å². The van der Waals surface area contributed by atoms with E-state index in [1.54, 1.807) is 0 Å². The van der Waals surface area contributed by atoms with Gasteiger partial charge in [-0.3, -0.25) is 24.6 Å². The number of hydrogen-bond donors (Lipinski definition) is 2. The summed E-state index contributed by atoms with van der Waals surface area (Å²) in [6.45, 7) is 0.217. The Morgan fingerprint density at radius 3 is 2.48 bits per heavy atom. The molecule has 2 rings (SSSR count). The Morgan fingerprint density at radius 1 is 1.19 bits per heavy atom. The lowest BCUT2D eigenvalue weighted by atomic mass is 9.87. The second-order valence-corrected chi connectivity index (χ2v) is 5.73.